The summed E-state index contributed by atoms with van der Waals surface area (Å²) in [5.41, 5.74) is 0.861. The van der Waals surface area contributed by atoms with Crippen molar-refractivity contribution in [2.75, 3.05) is 6.26 Å². The van der Waals surface area contributed by atoms with Crippen molar-refractivity contribution >= 4 is 47.7 Å². The fourth-order valence-electron chi connectivity index (χ4n) is 4.99. The molecule has 1 aliphatic carbocycles. The lowest BCUT2D eigenvalue weighted by atomic mass is 9.80. The Morgan fingerprint density at radius 3 is 2.46 bits per heavy atom. The van der Waals surface area contributed by atoms with Crippen LogP contribution >= 0.6 is 15.9 Å². The zero-order chi connectivity index (χ0) is 25.1. The van der Waals surface area contributed by atoms with E-state index in [-0.39, 0.29) is 52.7 Å². The summed E-state index contributed by atoms with van der Waals surface area (Å²) in [5.74, 6) is -4.70. The van der Waals surface area contributed by atoms with E-state index in [1.807, 2.05) is 0 Å². The molecule has 0 N–H and O–H groups in total. The third-order valence-corrected chi connectivity index (χ3v) is 8.14. The number of halogens is 5. The van der Waals surface area contributed by atoms with Gasteiger partial charge in [-0.3, -0.25) is 9.97 Å². The predicted octanol–water partition coefficient (Wildman–Crippen LogP) is 6.44. The topological polar surface area (TPSA) is 64.8 Å². The molecule has 1 aromatic carbocycles. The van der Waals surface area contributed by atoms with Gasteiger partial charge in [0.1, 0.15) is 11.6 Å². The van der Waals surface area contributed by atoms with Gasteiger partial charge in [0.25, 0.3) is 0 Å². The average Bonchev–Trinajstić information content (AvgIpc) is 3.09. The van der Waals surface area contributed by atoms with Crippen molar-refractivity contribution in [3.63, 3.8) is 0 Å². The van der Waals surface area contributed by atoms with E-state index in [9.17, 15) is 17.2 Å². The van der Waals surface area contributed by atoms with E-state index in [0.717, 1.165) is 12.3 Å². The molecule has 1 saturated carbocycles. The first-order valence-electron chi connectivity index (χ1n) is 10.9. The minimum Gasteiger partial charge on any atom is -0.329 e. The Kier molecular flexibility index (Phi) is 5.90. The molecule has 0 spiro atoms. The fourth-order valence-corrected chi connectivity index (χ4v) is 5.95. The van der Waals surface area contributed by atoms with Crippen molar-refractivity contribution in [3.8, 4) is 0 Å². The van der Waals surface area contributed by atoms with Crippen molar-refractivity contribution in [2.24, 2.45) is 5.92 Å². The van der Waals surface area contributed by atoms with Gasteiger partial charge in [0, 0.05) is 36.0 Å². The van der Waals surface area contributed by atoms with E-state index in [1.54, 1.807) is 10.6 Å². The van der Waals surface area contributed by atoms with Crippen LogP contribution in [0.4, 0.5) is 17.6 Å². The molecule has 0 bridgehead atoms. The van der Waals surface area contributed by atoms with Crippen molar-refractivity contribution in [1.29, 1.82) is 0 Å². The van der Waals surface area contributed by atoms with E-state index in [1.165, 1.54) is 30.6 Å². The Hall–Kier alpha value is -2.53. The summed E-state index contributed by atoms with van der Waals surface area (Å²) in [7, 11) is -3.79. The molecule has 1 atom stereocenters. The van der Waals surface area contributed by atoms with Gasteiger partial charge in [-0.1, -0.05) is 0 Å². The Bertz CT molecular complexity index is 1560. The Balaban J connectivity index is 1.88. The number of rotatable bonds is 4. The Morgan fingerprint density at radius 2 is 1.80 bits per heavy atom. The maximum absolute atomic E-state index is 15.4. The molecule has 11 heteroatoms. The van der Waals surface area contributed by atoms with E-state index in [4.69, 9.17) is 0 Å². The van der Waals surface area contributed by atoms with E-state index in [0.29, 0.717) is 9.99 Å². The number of nitrogens with zero attached hydrogens (tertiary/aromatic N) is 3. The van der Waals surface area contributed by atoms with Gasteiger partial charge in [0.05, 0.1) is 38.6 Å². The lowest BCUT2D eigenvalue weighted by Gasteiger charge is -2.35. The van der Waals surface area contributed by atoms with Gasteiger partial charge < -0.3 is 4.57 Å². The third kappa shape index (κ3) is 4.33. The van der Waals surface area contributed by atoms with Crippen LogP contribution in [-0.4, -0.2) is 35.1 Å². The number of alkyl halides is 2. The van der Waals surface area contributed by atoms with E-state index < -0.39 is 39.4 Å². The van der Waals surface area contributed by atoms with Crippen LogP contribution < -0.4 is 0 Å². The molecule has 35 heavy (non-hydrogen) atoms. The van der Waals surface area contributed by atoms with Crippen LogP contribution in [0, 0.1) is 17.6 Å². The van der Waals surface area contributed by atoms with Crippen LogP contribution in [0.2, 0.25) is 0 Å². The summed E-state index contributed by atoms with van der Waals surface area (Å²) in [6.45, 7) is 0. The van der Waals surface area contributed by atoms with Gasteiger partial charge in [0.2, 0.25) is 5.92 Å². The molecule has 1 fully saturated rings. The Labute approximate surface area is 207 Å². The van der Waals surface area contributed by atoms with Gasteiger partial charge in [-0.05, 0) is 65.0 Å². The minimum atomic E-state index is -3.79. The lowest BCUT2D eigenvalue weighted by Crippen LogP contribution is -2.31. The summed E-state index contributed by atoms with van der Waals surface area (Å²) in [6.07, 6.45) is 3.29. The zero-order valence-corrected chi connectivity index (χ0v) is 20.9. The summed E-state index contributed by atoms with van der Waals surface area (Å²) < 4.78 is 85.4. The average molecular weight is 570 g/mol. The minimum absolute atomic E-state index is 0.0201. The summed E-state index contributed by atoms with van der Waals surface area (Å²) in [5, 5.41) is 0.0716. The molecule has 0 saturated heterocycles. The molecule has 5 nitrogen and oxygen atoms in total. The van der Waals surface area contributed by atoms with Crippen LogP contribution in [0.5, 0.6) is 0 Å². The molecular weight excluding hydrogens is 550 g/mol. The molecule has 3 heterocycles. The molecule has 1 unspecified atom stereocenters. The van der Waals surface area contributed by atoms with Gasteiger partial charge in [0.15, 0.2) is 9.84 Å². The smallest absolute Gasteiger partial charge is 0.248 e. The van der Waals surface area contributed by atoms with Crippen LogP contribution in [-0.2, 0) is 9.84 Å². The molecule has 0 aliphatic heterocycles. The number of hydrogen-bond donors (Lipinski definition) is 0. The Morgan fingerprint density at radius 1 is 1.09 bits per heavy atom. The first-order valence-corrected chi connectivity index (χ1v) is 13.6. The number of sulfone groups is 1. The SMILES string of the molecule is CS(=O)(=O)c1cc(F)c2c3ncc(Br)cc3n(C(c3ncccc3F)C3CCC(F)(F)CC3)c2c1. The number of benzene rings is 1. The monoisotopic (exact) mass is 569 g/mol. The predicted molar refractivity (Wildman–Crippen MR) is 127 cm³/mol. The van der Waals surface area contributed by atoms with Crippen LogP contribution in [0.3, 0.4) is 0 Å². The maximum atomic E-state index is 15.4. The van der Waals surface area contributed by atoms with Crippen LogP contribution in [0.25, 0.3) is 21.9 Å². The number of pyridine rings is 2. The first-order chi connectivity index (χ1) is 16.5. The van der Waals surface area contributed by atoms with E-state index in [2.05, 4.69) is 25.9 Å². The standard InChI is InChI=1S/C24H20BrF4N3O2S/c1-35(33,34)15-10-17(27)20-18(11-15)32(19-9-14(25)12-31-22(19)20)23(21-16(26)3-2-8-30-21)13-4-6-24(28,29)7-5-13/h2-3,8-13,23H,4-7H2,1H3. The second-order valence-electron chi connectivity index (χ2n) is 8.97. The van der Waals surface area contributed by atoms with Crippen molar-refractivity contribution < 1.29 is 26.0 Å². The van der Waals surface area contributed by atoms with Crippen molar-refractivity contribution in [2.45, 2.75) is 42.5 Å². The second kappa shape index (κ2) is 8.55. The maximum Gasteiger partial charge on any atom is 0.248 e. The first kappa shape index (κ1) is 24.2. The number of hydrogen-bond acceptors (Lipinski definition) is 4. The van der Waals surface area contributed by atoms with E-state index >= 15 is 8.78 Å². The molecule has 0 amide bonds. The van der Waals surface area contributed by atoms with Crippen molar-refractivity contribution in [1.82, 2.24) is 14.5 Å². The molecule has 5 rings (SSSR count). The molecule has 4 aromatic rings. The van der Waals surface area contributed by atoms with Gasteiger partial charge in [-0.2, -0.15) is 0 Å². The highest BCUT2D eigenvalue weighted by molar-refractivity contribution is 9.10. The van der Waals surface area contributed by atoms with Gasteiger partial charge in [-0.25, -0.2) is 26.0 Å². The highest BCUT2D eigenvalue weighted by Gasteiger charge is 2.41. The lowest BCUT2D eigenvalue weighted by molar-refractivity contribution is -0.0495. The zero-order valence-electron chi connectivity index (χ0n) is 18.5. The van der Waals surface area contributed by atoms with Gasteiger partial charge >= 0.3 is 0 Å². The molecule has 3 aromatic heterocycles. The quantitative estimate of drug-likeness (QED) is 0.265. The fraction of sp³-hybridized carbons (Fsp3) is 0.333. The normalized spacial score (nSPS) is 17.8. The second-order valence-corrected chi connectivity index (χ2v) is 11.9. The van der Waals surface area contributed by atoms with Crippen LogP contribution in [0.15, 0.2) is 52.1 Å². The highest BCUT2D eigenvalue weighted by atomic mass is 79.9. The third-order valence-electron chi connectivity index (χ3n) is 6.61. The molecule has 1 aliphatic rings. The van der Waals surface area contributed by atoms with Gasteiger partial charge in [-0.15, -0.1) is 0 Å². The molecule has 0 radical (unpaired) electrons. The number of fused-ring (bicyclic) bond motifs is 3. The number of aromatic nitrogens is 3. The van der Waals surface area contributed by atoms with Crippen molar-refractivity contribution in [3.05, 3.63) is 64.5 Å². The largest absolute Gasteiger partial charge is 0.329 e. The molecular formula is C24H20BrF4N3O2S. The summed E-state index contributed by atoms with van der Waals surface area (Å²) in [6, 6.07) is 5.70. The highest BCUT2D eigenvalue weighted by Crippen LogP contribution is 2.46. The summed E-state index contributed by atoms with van der Waals surface area (Å²) in [4.78, 5) is 8.36. The van der Waals surface area contributed by atoms with Crippen LogP contribution in [0.1, 0.15) is 37.4 Å². The summed E-state index contributed by atoms with van der Waals surface area (Å²) >= 11 is 3.37. The molecule has 184 valence electrons.